The van der Waals surface area contributed by atoms with Gasteiger partial charge in [0, 0.05) is 19.3 Å². The molecule has 0 heterocycles. The third kappa shape index (κ3) is 15.5. The van der Waals surface area contributed by atoms with Crippen LogP contribution < -0.4 is 5.11 Å². The van der Waals surface area contributed by atoms with Gasteiger partial charge in [-0.2, -0.15) is 0 Å². The van der Waals surface area contributed by atoms with E-state index in [0.717, 1.165) is 32.1 Å². The summed E-state index contributed by atoms with van der Waals surface area (Å²) in [6, 6.07) is -3.33. The Morgan fingerprint density at radius 1 is 0.548 bits per heavy atom. The number of rotatable bonds is 30. The summed E-state index contributed by atoms with van der Waals surface area (Å²) in [5.41, 5.74) is 0. The van der Waals surface area contributed by atoms with Crippen molar-refractivity contribution in [1.82, 2.24) is 0 Å². The number of hydrogen-bond donors (Lipinski definition) is 2. The molecule has 3 unspecified atom stereocenters. The second kappa shape index (κ2) is 25.6. The van der Waals surface area contributed by atoms with E-state index in [4.69, 9.17) is 0 Å². The molecule has 0 radical (unpaired) electrons. The minimum absolute atomic E-state index is 0.205. The van der Waals surface area contributed by atoms with Crippen LogP contribution in [0.1, 0.15) is 169 Å². The normalized spacial score (nSPS) is 15.3. The molecule has 0 saturated carbocycles. The van der Waals surface area contributed by atoms with Crippen molar-refractivity contribution < 1.29 is 34.2 Å². The quantitative estimate of drug-likeness (QED) is 0.0493. The van der Waals surface area contributed by atoms with Gasteiger partial charge in [-0.05, 0) is 51.4 Å². The van der Waals surface area contributed by atoms with Crippen molar-refractivity contribution in [2.24, 2.45) is 0 Å². The largest absolute Gasteiger partial charge is 0.544 e. The van der Waals surface area contributed by atoms with E-state index in [2.05, 4.69) is 19.1 Å². The Kier molecular flexibility index (Phi) is 24.4. The zero-order valence-electron chi connectivity index (χ0n) is 27.6. The van der Waals surface area contributed by atoms with Crippen LogP contribution >= 0.6 is 0 Å². The number of carboxylic acid groups (broad SMARTS) is 3. The van der Waals surface area contributed by atoms with Crippen LogP contribution in [0.15, 0.2) is 12.2 Å². The molecule has 0 spiro atoms. The zero-order valence-corrected chi connectivity index (χ0v) is 27.6. The molecule has 0 aromatic carbocycles. The van der Waals surface area contributed by atoms with E-state index < -0.39 is 40.5 Å². The van der Waals surface area contributed by atoms with Crippen molar-refractivity contribution >= 4 is 17.9 Å². The average Bonchev–Trinajstić information content (AvgIpc) is 2.95. The fraction of sp³-hybridized carbons (Fsp3) is 0.857. The van der Waals surface area contributed by atoms with Gasteiger partial charge in [0.05, 0.1) is 12.5 Å². The Morgan fingerprint density at radius 2 is 0.905 bits per heavy atom. The first-order valence-electron chi connectivity index (χ1n) is 17.4. The Morgan fingerprint density at radius 3 is 1.26 bits per heavy atom. The Labute approximate surface area is 257 Å². The van der Waals surface area contributed by atoms with Crippen molar-refractivity contribution in [3.63, 3.8) is 0 Å². The van der Waals surface area contributed by atoms with Crippen LogP contribution in [0.3, 0.4) is 0 Å². The summed E-state index contributed by atoms with van der Waals surface area (Å²) >= 11 is 0. The monoisotopic (exact) mass is 595 g/mol. The van der Waals surface area contributed by atoms with Crippen LogP contribution in [-0.2, 0) is 14.4 Å². The molecule has 2 N–H and O–H groups in total. The van der Waals surface area contributed by atoms with Crippen LogP contribution in [0.25, 0.3) is 0 Å². The number of carbonyl (C=O) groups excluding carboxylic acids is 1. The van der Waals surface area contributed by atoms with Gasteiger partial charge in [-0.15, -0.1) is 0 Å². The molecule has 7 heteroatoms. The number of aliphatic carboxylic acids is 3. The van der Waals surface area contributed by atoms with E-state index in [9.17, 15) is 29.7 Å². The molecule has 0 rings (SSSR count). The number of hydrogen-bond acceptors (Lipinski definition) is 4. The van der Waals surface area contributed by atoms with Crippen LogP contribution in [-0.4, -0.2) is 57.3 Å². The molecule has 7 nitrogen and oxygen atoms in total. The molecule has 0 saturated heterocycles. The summed E-state index contributed by atoms with van der Waals surface area (Å²) in [6.07, 6.45) is 25.7. The van der Waals surface area contributed by atoms with Crippen molar-refractivity contribution in [1.29, 1.82) is 0 Å². The molecule has 0 amide bonds. The van der Waals surface area contributed by atoms with Crippen molar-refractivity contribution in [3.05, 3.63) is 12.2 Å². The van der Waals surface area contributed by atoms with Gasteiger partial charge in [-0.25, -0.2) is 9.59 Å². The fourth-order valence-corrected chi connectivity index (χ4v) is 6.62. The van der Waals surface area contributed by atoms with Crippen molar-refractivity contribution in [3.8, 4) is 0 Å². The maximum Gasteiger partial charge on any atom is 0.362 e. The van der Waals surface area contributed by atoms with E-state index in [0.29, 0.717) is 25.7 Å². The standard InChI is InChI=1S/C35H65NO6/c1-5-9-10-11-12-13-14-15-16-17-18-19-20-21-22-23-24-25-29-36(30(26-6-2)33(37)38,31(27-7-3)34(39)40)32(28-8-4)35(41)42/h16-17,30-32H,5-15,18-29H2,1-4H3,(H2-,37,38,39,40,41,42)/b17-16+. The predicted molar refractivity (Wildman–Crippen MR) is 170 cm³/mol. The molecule has 0 aliphatic carbocycles. The summed E-state index contributed by atoms with van der Waals surface area (Å²) in [4.78, 5) is 37.6. The first kappa shape index (κ1) is 40.1. The zero-order chi connectivity index (χ0) is 31.6. The summed E-state index contributed by atoms with van der Waals surface area (Å²) in [5, 5.41) is 33.0. The van der Waals surface area contributed by atoms with Gasteiger partial charge in [0.25, 0.3) is 0 Å². The number of nitrogens with zero attached hydrogens (tertiary/aromatic N) is 1. The molecule has 42 heavy (non-hydrogen) atoms. The molecule has 0 aliphatic heterocycles. The van der Waals surface area contributed by atoms with Crippen LogP contribution in [0.4, 0.5) is 0 Å². The highest BCUT2D eigenvalue weighted by molar-refractivity contribution is 5.77. The molecular formula is C35H65NO6. The number of carbonyl (C=O) groups is 3. The third-order valence-corrected chi connectivity index (χ3v) is 8.83. The first-order chi connectivity index (χ1) is 20.2. The molecule has 0 aromatic rings. The molecule has 0 aromatic heterocycles. The highest BCUT2D eigenvalue weighted by Crippen LogP contribution is 2.34. The van der Waals surface area contributed by atoms with E-state index in [1.165, 1.54) is 64.2 Å². The van der Waals surface area contributed by atoms with Gasteiger partial charge in [0.2, 0.25) is 0 Å². The highest BCUT2D eigenvalue weighted by atomic mass is 16.4. The SMILES string of the molecule is CCCCCCCCC/C=C/CCCCCCCCC[N+](C(CCC)C(=O)[O-])(C(CCC)C(=O)O)C(CCC)C(=O)O. The molecule has 0 fully saturated rings. The maximum atomic E-state index is 12.6. The smallest absolute Gasteiger partial charge is 0.362 e. The minimum atomic E-state index is -1.34. The van der Waals surface area contributed by atoms with Gasteiger partial charge in [-0.3, -0.25) is 4.48 Å². The molecule has 3 atom stereocenters. The van der Waals surface area contributed by atoms with Gasteiger partial charge in [0.1, 0.15) is 6.04 Å². The summed E-state index contributed by atoms with van der Waals surface area (Å²) in [5.74, 6) is -3.56. The van der Waals surface area contributed by atoms with Gasteiger partial charge in [-0.1, -0.05) is 110 Å². The van der Waals surface area contributed by atoms with Gasteiger partial charge < -0.3 is 20.1 Å². The van der Waals surface area contributed by atoms with E-state index in [1.54, 1.807) is 0 Å². The number of unbranched alkanes of at least 4 members (excludes halogenated alkanes) is 14. The number of quaternary nitrogens is 1. The Balaban J connectivity index is 4.94. The summed E-state index contributed by atoms with van der Waals surface area (Å²) in [7, 11) is 0. The molecular weight excluding hydrogens is 530 g/mol. The second-order valence-corrected chi connectivity index (χ2v) is 12.3. The molecule has 0 bridgehead atoms. The molecule has 246 valence electrons. The van der Waals surface area contributed by atoms with E-state index in [-0.39, 0.29) is 25.8 Å². The Bertz CT molecular complexity index is 677. The summed E-state index contributed by atoms with van der Waals surface area (Å²) < 4.78 is -0.437. The average molecular weight is 596 g/mol. The summed E-state index contributed by atoms with van der Waals surface area (Å²) in [6.45, 7) is 8.06. The number of allylic oxidation sites excluding steroid dienone is 2. The Hall–Kier alpha value is -1.89. The predicted octanol–water partition coefficient (Wildman–Crippen LogP) is 8.05. The highest BCUT2D eigenvalue weighted by Gasteiger charge is 2.54. The lowest BCUT2D eigenvalue weighted by molar-refractivity contribution is -0.975. The lowest BCUT2D eigenvalue weighted by Crippen LogP contribution is -2.74. The molecule has 0 aliphatic rings. The van der Waals surface area contributed by atoms with Gasteiger partial charge >= 0.3 is 11.9 Å². The topological polar surface area (TPSA) is 115 Å². The van der Waals surface area contributed by atoms with Crippen LogP contribution in [0, 0.1) is 0 Å². The second-order valence-electron chi connectivity index (χ2n) is 12.3. The van der Waals surface area contributed by atoms with E-state index >= 15 is 0 Å². The maximum absolute atomic E-state index is 12.6. The minimum Gasteiger partial charge on any atom is -0.544 e. The van der Waals surface area contributed by atoms with Gasteiger partial charge in [0.15, 0.2) is 12.1 Å². The first-order valence-corrected chi connectivity index (χ1v) is 17.4. The third-order valence-electron chi connectivity index (χ3n) is 8.83. The van der Waals surface area contributed by atoms with E-state index in [1.807, 2.05) is 20.8 Å². The van der Waals surface area contributed by atoms with Crippen molar-refractivity contribution in [2.45, 2.75) is 187 Å². The lowest BCUT2D eigenvalue weighted by atomic mass is 9.91. The number of carboxylic acids is 3. The van der Waals surface area contributed by atoms with Crippen LogP contribution in [0.2, 0.25) is 0 Å². The fourth-order valence-electron chi connectivity index (χ4n) is 6.62. The lowest BCUT2D eigenvalue weighted by Gasteiger charge is -2.52. The van der Waals surface area contributed by atoms with Crippen LogP contribution in [0.5, 0.6) is 0 Å². The van der Waals surface area contributed by atoms with Crippen molar-refractivity contribution in [2.75, 3.05) is 6.54 Å².